The summed E-state index contributed by atoms with van der Waals surface area (Å²) < 4.78 is 4.15. The Morgan fingerprint density at radius 1 is 1.23 bits per heavy atom. The van der Waals surface area contributed by atoms with E-state index in [0.29, 0.717) is 6.04 Å². The molecule has 0 atom stereocenters. The maximum atomic E-state index is 4.52. The molecule has 1 aliphatic rings. The minimum absolute atomic E-state index is 0. The maximum Gasteiger partial charge on any atom is 0.0638 e. The molecule has 2 heterocycles. The van der Waals surface area contributed by atoms with E-state index in [-0.39, 0.29) is 12.4 Å². The van der Waals surface area contributed by atoms with E-state index in [0.717, 1.165) is 25.3 Å². The average Bonchev–Trinajstić information content (AvgIpc) is 3.19. The van der Waals surface area contributed by atoms with Crippen molar-refractivity contribution in [2.45, 2.75) is 65.2 Å². The molecule has 1 aliphatic carbocycles. The Balaban J connectivity index is 0.00000176. The molecule has 1 fully saturated rings. The molecule has 0 bridgehead atoms. The number of hydrogen-bond acceptors (Lipinski definition) is 3. The van der Waals surface area contributed by atoms with Gasteiger partial charge in [-0.2, -0.15) is 10.2 Å². The Bertz CT molecular complexity index is 583. The predicted octanol–water partition coefficient (Wildman–Crippen LogP) is 3.23. The molecule has 2 aromatic heterocycles. The minimum atomic E-state index is 0. The van der Waals surface area contributed by atoms with Crippen LogP contribution < -0.4 is 5.32 Å². The molecular formula is C16H26ClN5. The second-order valence-electron chi connectivity index (χ2n) is 5.97. The molecule has 0 aliphatic heterocycles. The quantitative estimate of drug-likeness (QED) is 0.887. The number of rotatable bonds is 6. The molecule has 0 amide bonds. The maximum absolute atomic E-state index is 4.52. The van der Waals surface area contributed by atoms with Gasteiger partial charge in [-0.3, -0.25) is 9.36 Å². The normalized spacial score (nSPS) is 15.2. The van der Waals surface area contributed by atoms with Gasteiger partial charge >= 0.3 is 0 Å². The summed E-state index contributed by atoms with van der Waals surface area (Å²) in [4.78, 5) is 0. The second-order valence-corrected chi connectivity index (χ2v) is 5.97. The number of aromatic nitrogens is 4. The molecule has 0 unspecified atom stereocenters. The highest BCUT2D eigenvalue weighted by atomic mass is 35.5. The predicted molar refractivity (Wildman–Crippen MR) is 90.2 cm³/mol. The van der Waals surface area contributed by atoms with E-state index in [1.54, 1.807) is 0 Å². The van der Waals surface area contributed by atoms with E-state index >= 15 is 0 Å². The Morgan fingerprint density at radius 3 is 2.68 bits per heavy atom. The van der Waals surface area contributed by atoms with E-state index in [2.05, 4.69) is 46.4 Å². The van der Waals surface area contributed by atoms with Crippen molar-refractivity contribution in [2.24, 2.45) is 0 Å². The van der Waals surface area contributed by atoms with E-state index in [4.69, 9.17) is 0 Å². The molecule has 0 saturated heterocycles. The second kappa shape index (κ2) is 7.79. The number of aryl methyl sites for hydroxylation is 2. The fourth-order valence-corrected chi connectivity index (χ4v) is 3.07. The minimum Gasteiger partial charge on any atom is -0.308 e. The zero-order chi connectivity index (χ0) is 14.7. The van der Waals surface area contributed by atoms with Gasteiger partial charge in [-0.25, -0.2) is 0 Å². The summed E-state index contributed by atoms with van der Waals surface area (Å²) >= 11 is 0. The SMILES string of the molecule is CCn1cc(CNCc2cnn(C3CCCC3)c2)c(C)n1.Cl. The first-order chi connectivity index (χ1) is 10.3. The first-order valence-corrected chi connectivity index (χ1v) is 8.03. The topological polar surface area (TPSA) is 47.7 Å². The lowest BCUT2D eigenvalue weighted by Crippen LogP contribution is -2.12. The number of halogens is 1. The van der Waals surface area contributed by atoms with Crippen LogP contribution in [0.2, 0.25) is 0 Å². The van der Waals surface area contributed by atoms with Crippen molar-refractivity contribution in [3.63, 3.8) is 0 Å². The zero-order valence-electron chi connectivity index (χ0n) is 13.5. The fraction of sp³-hybridized carbons (Fsp3) is 0.625. The van der Waals surface area contributed by atoms with Crippen LogP contribution in [-0.4, -0.2) is 19.6 Å². The Hall–Kier alpha value is -1.33. The summed E-state index contributed by atoms with van der Waals surface area (Å²) in [6.45, 7) is 6.83. The highest BCUT2D eigenvalue weighted by Gasteiger charge is 2.17. The molecule has 5 nitrogen and oxygen atoms in total. The van der Waals surface area contributed by atoms with Crippen LogP contribution in [0.3, 0.4) is 0 Å². The highest BCUT2D eigenvalue weighted by molar-refractivity contribution is 5.85. The summed E-state index contributed by atoms with van der Waals surface area (Å²) in [6.07, 6.45) is 11.6. The molecule has 0 aromatic carbocycles. The van der Waals surface area contributed by atoms with Gasteiger partial charge in [0.1, 0.15) is 0 Å². The summed E-state index contributed by atoms with van der Waals surface area (Å²) in [5.41, 5.74) is 3.66. The molecule has 122 valence electrons. The molecular weight excluding hydrogens is 298 g/mol. The van der Waals surface area contributed by atoms with E-state index in [1.807, 2.05) is 10.9 Å². The van der Waals surface area contributed by atoms with Crippen LogP contribution in [-0.2, 0) is 19.6 Å². The summed E-state index contributed by atoms with van der Waals surface area (Å²) in [6, 6.07) is 0.629. The van der Waals surface area contributed by atoms with Crippen molar-refractivity contribution in [1.29, 1.82) is 0 Å². The number of nitrogens with one attached hydrogen (secondary N) is 1. The van der Waals surface area contributed by atoms with Crippen molar-refractivity contribution in [3.05, 3.63) is 35.4 Å². The van der Waals surface area contributed by atoms with Gasteiger partial charge < -0.3 is 5.32 Å². The van der Waals surface area contributed by atoms with Gasteiger partial charge in [0, 0.05) is 43.2 Å². The largest absolute Gasteiger partial charge is 0.308 e. The van der Waals surface area contributed by atoms with Crippen molar-refractivity contribution in [3.8, 4) is 0 Å². The van der Waals surface area contributed by atoms with Crippen LogP contribution in [0.5, 0.6) is 0 Å². The average molecular weight is 324 g/mol. The highest BCUT2D eigenvalue weighted by Crippen LogP contribution is 2.28. The first-order valence-electron chi connectivity index (χ1n) is 8.03. The van der Waals surface area contributed by atoms with E-state index < -0.39 is 0 Å². The molecule has 3 rings (SSSR count). The Kier molecular flexibility index (Phi) is 6.03. The monoisotopic (exact) mass is 323 g/mol. The lowest BCUT2D eigenvalue weighted by atomic mass is 10.2. The lowest BCUT2D eigenvalue weighted by Gasteiger charge is -2.08. The number of hydrogen-bond donors (Lipinski definition) is 1. The van der Waals surface area contributed by atoms with Gasteiger partial charge in [0.15, 0.2) is 0 Å². The van der Waals surface area contributed by atoms with Crippen LogP contribution in [0.25, 0.3) is 0 Å². The van der Waals surface area contributed by atoms with Crippen molar-refractivity contribution in [1.82, 2.24) is 24.9 Å². The van der Waals surface area contributed by atoms with Gasteiger partial charge in [-0.05, 0) is 26.7 Å². The van der Waals surface area contributed by atoms with E-state index in [1.165, 1.54) is 36.8 Å². The molecule has 2 aromatic rings. The van der Waals surface area contributed by atoms with Crippen LogP contribution in [0.4, 0.5) is 0 Å². The van der Waals surface area contributed by atoms with Gasteiger partial charge in [0.2, 0.25) is 0 Å². The van der Waals surface area contributed by atoms with E-state index in [9.17, 15) is 0 Å². The fourth-order valence-electron chi connectivity index (χ4n) is 3.07. The third-order valence-corrected chi connectivity index (χ3v) is 4.37. The molecule has 1 saturated carbocycles. The molecule has 22 heavy (non-hydrogen) atoms. The first kappa shape index (κ1) is 17.0. The van der Waals surface area contributed by atoms with Crippen LogP contribution in [0.1, 0.15) is 55.5 Å². The number of nitrogens with zero attached hydrogens (tertiary/aromatic N) is 4. The standard InChI is InChI=1S/C16H25N5.ClH/c1-3-20-12-15(13(2)19-20)10-17-8-14-9-18-21(11-14)16-6-4-5-7-16;/h9,11-12,16-17H,3-8,10H2,1-2H3;1H. The van der Waals surface area contributed by atoms with Crippen LogP contribution in [0.15, 0.2) is 18.6 Å². The van der Waals surface area contributed by atoms with Crippen molar-refractivity contribution < 1.29 is 0 Å². The zero-order valence-corrected chi connectivity index (χ0v) is 14.3. The van der Waals surface area contributed by atoms with Crippen molar-refractivity contribution >= 4 is 12.4 Å². The van der Waals surface area contributed by atoms with Crippen LogP contribution >= 0.6 is 12.4 Å². The third-order valence-electron chi connectivity index (χ3n) is 4.37. The van der Waals surface area contributed by atoms with Crippen LogP contribution in [0, 0.1) is 6.92 Å². The summed E-state index contributed by atoms with van der Waals surface area (Å²) in [7, 11) is 0. The molecule has 0 radical (unpaired) electrons. The Morgan fingerprint density at radius 2 is 2.00 bits per heavy atom. The van der Waals surface area contributed by atoms with Gasteiger partial charge in [0.25, 0.3) is 0 Å². The Labute approximate surface area is 138 Å². The summed E-state index contributed by atoms with van der Waals surface area (Å²) in [5.74, 6) is 0. The lowest BCUT2D eigenvalue weighted by molar-refractivity contribution is 0.466. The molecule has 0 spiro atoms. The van der Waals surface area contributed by atoms with Gasteiger partial charge in [0.05, 0.1) is 17.9 Å². The van der Waals surface area contributed by atoms with Gasteiger partial charge in [-0.1, -0.05) is 12.8 Å². The smallest absolute Gasteiger partial charge is 0.0638 e. The molecule has 1 N–H and O–H groups in total. The summed E-state index contributed by atoms with van der Waals surface area (Å²) in [5, 5.41) is 12.5. The third kappa shape index (κ3) is 3.90. The van der Waals surface area contributed by atoms with Crippen molar-refractivity contribution in [2.75, 3.05) is 0 Å². The van der Waals surface area contributed by atoms with Gasteiger partial charge in [-0.15, -0.1) is 12.4 Å². The molecule has 6 heteroatoms.